The number of hydrogen-bond donors (Lipinski definition) is 1. The minimum Gasteiger partial charge on any atom is -0.350 e. The Balaban J connectivity index is 2.78. The number of primary amides is 1. The zero-order valence-electron chi connectivity index (χ0n) is 7.39. The number of hydrazone groups is 1. The van der Waals surface area contributed by atoms with Crippen molar-refractivity contribution in [2.24, 2.45) is 10.8 Å². The Morgan fingerprint density at radius 3 is 2.92 bits per heavy atom. The van der Waals surface area contributed by atoms with Gasteiger partial charge in [-0.3, -0.25) is 0 Å². The third-order valence-electron chi connectivity index (χ3n) is 1.36. The van der Waals surface area contributed by atoms with Gasteiger partial charge in [0.2, 0.25) is 0 Å². The molecule has 70 valence electrons. The van der Waals surface area contributed by atoms with Gasteiger partial charge in [0.1, 0.15) is 5.01 Å². The molecule has 0 radical (unpaired) electrons. The van der Waals surface area contributed by atoms with Crippen LogP contribution in [-0.4, -0.2) is 28.8 Å². The van der Waals surface area contributed by atoms with E-state index in [4.69, 9.17) is 5.73 Å². The lowest BCUT2D eigenvalue weighted by molar-refractivity contribution is 0.220. The van der Waals surface area contributed by atoms with E-state index >= 15 is 0 Å². The first-order valence-corrected chi connectivity index (χ1v) is 4.47. The molecule has 0 bridgehead atoms. The maximum Gasteiger partial charge on any atom is 0.334 e. The van der Waals surface area contributed by atoms with E-state index < -0.39 is 6.03 Å². The monoisotopic (exact) mass is 198 g/mol. The number of amides is 2. The number of nitrogens with two attached hydrogens (primary N) is 1. The number of rotatable bonds is 2. The van der Waals surface area contributed by atoms with Crippen LogP contribution in [0.2, 0.25) is 0 Å². The fourth-order valence-corrected chi connectivity index (χ4v) is 1.30. The van der Waals surface area contributed by atoms with Crippen molar-refractivity contribution in [2.75, 3.05) is 7.05 Å². The Hall–Kier alpha value is -1.43. The molecule has 2 amide bonds. The largest absolute Gasteiger partial charge is 0.350 e. The molecular weight excluding hydrogens is 188 g/mol. The second-order valence-electron chi connectivity index (χ2n) is 2.38. The molecule has 1 aromatic heterocycles. The van der Waals surface area contributed by atoms with E-state index in [1.807, 2.05) is 5.38 Å². The first-order valence-electron chi connectivity index (χ1n) is 3.59. The summed E-state index contributed by atoms with van der Waals surface area (Å²) in [7, 11) is 1.50. The molecule has 0 unspecified atom stereocenters. The second-order valence-corrected chi connectivity index (χ2v) is 3.28. The van der Waals surface area contributed by atoms with Gasteiger partial charge in [0.15, 0.2) is 0 Å². The maximum absolute atomic E-state index is 10.6. The van der Waals surface area contributed by atoms with Crippen LogP contribution in [0.4, 0.5) is 4.79 Å². The molecule has 13 heavy (non-hydrogen) atoms. The van der Waals surface area contributed by atoms with Crippen LogP contribution < -0.4 is 5.73 Å². The lowest BCUT2D eigenvalue weighted by atomic mass is 10.4. The van der Waals surface area contributed by atoms with Crippen LogP contribution in [0.5, 0.6) is 0 Å². The van der Waals surface area contributed by atoms with Crippen LogP contribution in [-0.2, 0) is 0 Å². The van der Waals surface area contributed by atoms with Gasteiger partial charge < -0.3 is 5.73 Å². The van der Waals surface area contributed by atoms with Gasteiger partial charge in [0.25, 0.3) is 0 Å². The lowest BCUT2D eigenvalue weighted by Gasteiger charge is -2.07. The van der Waals surface area contributed by atoms with Crippen molar-refractivity contribution in [2.45, 2.75) is 6.92 Å². The Morgan fingerprint density at radius 1 is 1.77 bits per heavy atom. The molecule has 5 nitrogen and oxygen atoms in total. The highest BCUT2D eigenvalue weighted by Gasteiger charge is 2.04. The SMILES string of the molecule is C/C(=N/N(C)C(N)=O)c1nccs1. The topological polar surface area (TPSA) is 71.6 Å². The highest BCUT2D eigenvalue weighted by atomic mass is 32.1. The van der Waals surface area contributed by atoms with Crippen molar-refractivity contribution in [3.63, 3.8) is 0 Å². The molecule has 1 heterocycles. The molecule has 0 fully saturated rings. The quantitative estimate of drug-likeness (QED) is 0.566. The highest BCUT2D eigenvalue weighted by Crippen LogP contribution is 2.05. The third kappa shape index (κ3) is 2.51. The summed E-state index contributed by atoms with van der Waals surface area (Å²) in [5.41, 5.74) is 5.68. The molecule has 0 aliphatic rings. The van der Waals surface area contributed by atoms with E-state index in [0.717, 1.165) is 10.0 Å². The van der Waals surface area contributed by atoms with Crippen molar-refractivity contribution >= 4 is 23.1 Å². The summed E-state index contributed by atoms with van der Waals surface area (Å²) in [5, 5.41) is 7.65. The van der Waals surface area contributed by atoms with Gasteiger partial charge in [-0.2, -0.15) is 5.10 Å². The summed E-state index contributed by atoms with van der Waals surface area (Å²) in [6, 6.07) is -0.587. The van der Waals surface area contributed by atoms with Gasteiger partial charge in [-0.05, 0) is 6.92 Å². The molecule has 0 aromatic carbocycles. The van der Waals surface area contributed by atoms with Gasteiger partial charge >= 0.3 is 6.03 Å². The van der Waals surface area contributed by atoms with E-state index in [9.17, 15) is 4.79 Å². The normalized spacial score (nSPS) is 11.4. The molecule has 0 saturated heterocycles. The molecule has 1 rings (SSSR count). The summed E-state index contributed by atoms with van der Waals surface area (Å²) in [4.78, 5) is 14.7. The number of hydrogen-bond acceptors (Lipinski definition) is 4. The molecule has 0 aliphatic carbocycles. The standard InChI is InChI=1S/C7H10N4OS/c1-5(6-9-3-4-13-6)10-11(2)7(8)12/h3-4H,1-2H3,(H2,8,12)/b10-5-. The van der Waals surface area contributed by atoms with Crippen LogP contribution in [0, 0.1) is 0 Å². The summed E-state index contributed by atoms with van der Waals surface area (Å²) < 4.78 is 0. The van der Waals surface area contributed by atoms with Gasteiger partial charge in [-0.1, -0.05) is 0 Å². The predicted octanol–water partition coefficient (Wildman–Crippen LogP) is 0.878. The summed E-state index contributed by atoms with van der Waals surface area (Å²) in [6.07, 6.45) is 1.68. The van der Waals surface area contributed by atoms with E-state index in [0.29, 0.717) is 5.71 Å². The van der Waals surface area contributed by atoms with Gasteiger partial charge in [0.05, 0.1) is 5.71 Å². The van der Waals surface area contributed by atoms with E-state index in [1.165, 1.54) is 18.4 Å². The van der Waals surface area contributed by atoms with Gasteiger partial charge in [-0.15, -0.1) is 11.3 Å². The van der Waals surface area contributed by atoms with Crippen molar-refractivity contribution in [3.8, 4) is 0 Å². The highest BCUT2D eigenvalue weighted by molar-refractivity contribution is 7.11. The number of nitrogens with zero attached hydrogens (tertiary/aromatic N) is 3. The number of aromatic nitrogens is 1. The summed E-state index contributed by atoms with van der Waals surface area (Å²) >= 11 is 1.46. The van der Waals surface area contributed by atoms with Crippen LogP contribution in [0.15, 0.2) is 16.7 Å². The third-order valence-corrected chi connectivity index (χ3v) is 2.24. The number of carbonyl (C=O) groups is 1. The number of urea groups is 1. The van der Waals surface area contributed by atoms with E-state index in [1.54, 1.807) is 13.1 Å². The molecule has 6 heteroatoms. The first kappa shape index (κ1) is 9.66. The van der Waals surface area contributed by atoms with Crippen molar-refractivity contribution in [1.29, 1.82) is 0 Å². The van der Waals surface area contributed by atoms with Crippen molar-refractivity contribution in [1.82, 2.24) is 9.99 Å². The van der Waals surface area contributed by atoms with E-state index in [-0.39, 0.29) is 0 Å². The van der Waals surface area contributed by atoms with Crippen molar-refractivity contribution in [3.05, 3.63) is 16.6 Å². The molecule has 0 saturated carbocycles. The van der Waals surface area contributed by atoms with Crippen molar-refractivity contribution < 1.29 is 4.79 Å². The smallest absolute Gasteiger partial charge is 0.334 e. The average molecular weight is 198 g/mol. The Bertz CT molecular complexity index is 319. The van der Waals surface area contributed by atoms with Crippen LogP contribution in [0.25, 0.3) is 0 Å². The Labute approximate surface area is 79.9 Å². The molecule has 0 atom stereocenters. The predicted molar refractivity (Wildman–Crippen MR) is 51.7 cm³/mol. The van der Waals surface area contributed by atoms with Gasteiger partial charge in [0, 0.05) is 18.6 Å². The zero-order valence-corrected chi connectivity index (χ0v) is 8.21. The molecule has 1 aromatic rings. The van der Waals surface area contributed by atoms with Crippen LogP contribution in [0.1, 0.15) is 11.9 Å². The maximum atomic E-state index is 10.6. The molecule has 0 aliphatic heterocycles. The van der Waals surface area contributed by atoms with Crippen LogP contribution in [0.3, 0.4) is 0 Å². The zero-order chi connectivity index (χ0) is 9.84. The molecular formula is C7H10N4OS. The average Bonchev–Trinajstić information content (AvgIpc) is 2.55. The number of carbonyl (C=O) groups excluding carboxylic acids is 1. The summed E-state index contributed by atoms with van der Waals surface area (Å²) in [5.74, 6) is 0. The Morgan fingerprint density at radius 2 is 2.46 bits per heavy atom. The number of thiazole rings is 1. The minimum atomic E-state index is -0.587. The minimum absolute atomic E-state index is 0.587. The first-order chi connectivity index (χ1) is 6.11. The fraction of sp³-hybridized carbons (Fsp3) is 0.286. The fourth-order valence-electron chi connectivity index (χ4n) is 0.719. The van der Waals surface area contributed by atoms with Crippen LogP contribution >= 0.6 is 11.3 Å². The lowest BCUT2D eigenvalue weighted by Crippen LogP contribution is -2.28. The summed E-state index contributed by atoms with van der Waals surface area (Å²) in [6.45, 7) is 1.78. The molecule has 0 spiro atoms. The second kappa shape index (κ2) is 3.99. The Kier molecular flexibility index (Phi) is 2.97. The van der Waals surface area contributed by atoms with E-state index in [2.05, 4.69) is 10.1 Å². The molecule has 2 N–H and O–H groups in total. The van der Waals surface area contributed by atoms with Gasteiger partial charge in [-0.25, -0.2) is 14.8 Å².